The summed E-state index contributed by atoms with van der Waals surface area (Å²) in [5.74, 6) is 0.0754. The van der Waals surface area contributed by atoms with Gasteiger partial charge in [-0.25, -0.2) is 4.39 Å². The molecule has 0 aromatic heterocycles. The van der Waals surface area contributed by atoms with Gasteiger partial charge in [0.05, 0.1) is 26.4 Å². The van der Waals surface area contributed by atoms with Crippen LogP contribution in [-0.4, -0.2) is 86.7 Å². The van der Waals surface area contributed by atoms with E-state index in [0.717, 1.165) is 38.3 Å². The van der Waals surface area contributed by atoms with Crippen molar-refractivity contribution >= 4 is 17.5 Å². The van der Waals surface area contributed by atoms with Gasteiger partial charge in [0.15, 0.2) is 0 Å². The number of carbonyl (C=O) groups excluding carboxylic acids is 2. The summed E-state index contributed by atoms with van der Waals surface area (Å²) in [5, 5.41) is 5.72. The van der Waals surface area contributed by atoms with Gasteiger partial charge in [-0.3, -0.25) is 19.4 Å². The molecule has 1 atom stereocenters. The minimum absolute atomic E-state index is 0.0173. The van der Waals surface area contributed by atoms with Crippen molar-refractivity contribution in [3.8, 4) is 11.5 Å². The molecule has 9 nitrogen and oxygen atoms in total. The van der Waals surface area contributed by atoms with Gasteiger partial charge in [0.1, 0.15) is 23.4 Å². The Morgan fingerprint density at radius 3 is 2.17 bits per heavy atom. The second-order valence-electron chi connectivity index (χ2n) is 10.0. The van der Waals surface area contributed by atoms with E-state index in [1.807, 2.05) is 37.3 Å². The van der Waals surface area contributed by atoms with Gasteiger partial charge < -0.3 is 24.8 Å². The fourth-order valence-corrected chi connectivity index (χ4v) is 4.48. The Kier molecular flexibility index (Phi) is 12.3. The second kappa shape index (κ2) is 16.6. The number of rotatable bonds is 15. The molecule has 4 rings (SSSR count). The summed E-state index contributed by atoms with van der Waals surface area (Å²) in [6, 6.07) is 21.3. The average molecular weight is 579 g/mol. The molecular weight excluding hydrogens is 539 g/mol. The van der Waals surface area contributed by atoms with Crippen LogP contribution in [0.15, 0.2) is 78.9 Å². The monoisotopic (exact) mass is 578 g/mol. The molecule has 2 amide bonds. The maximum Gasteiger partial charge on any atom is 0.249 e. The molecule has 0 bridgehead atoms. The molecule has 3 aromatic rings. The lowest BCUT2D eigenvalue weighted by molar-refractivity contribution is -0.129. The average Bonchev–Trinajstić information content (AvgIpc) is 3.00. The fourth-order valence-electron chi connectivity index (χ4n) is 4.48. The Hall–Kier alpha value is -3.83. The maximum atomic E-state index is 13.3. The highest BCUT2D eigenvalue weighted by molar-refractivity contribution is 5.97. The third-order valence-corrected chi connectivity index (χ3v) is 6.81. The first-order chi connectivity index (χ1) is 20.5. The van der Waals surface area contributed by atoms with Crippen molar-refractivity contribution in [3.05, 3.63) is 90.2 Å². The van der Waals surface area contributed by atoms with Crippen LogP contribution in [0.25, 0.3) is 0 Å². The molecule has 2 N–H and O–H groups in total. The molecule has 10 heteroatoms. The lowest BCUT2D eigenvalue weighted by atomic mass is 10.2. The number of anilines is 1. The van der Waals surface area contributed by atoms with Crippen molar-refractivity contribution in [1.29, 1.82) is 0 Å². The number of nitrogens with one attached hydrogen (secondary N) is 2. The van der Waals surface area contributed by atoms with Gasteiger partial charge in [0.2, 0.25) is 11.8 Å². The molecule has 3 aromatic carbocycles. The first-order valence-electron chi connectivity index (χ1n) is 14.3. The number of ether oxygens (including phenoxy) is 3. The van der Waals surface area contributed by atoms with Gasteiger partial charge in [-0.05, 0) is 61.0 Å². The van der Waals surface area contributed by atoms with Crippen molar-refractivity contribution in [2.75, 3.05) is 64.4 Å². The fraction of sp³-hybridized carbons (Fsp3) is 0.375. The van der Waals surface area contributed by atoms with Gasteiger partial charge in [0.25, 0.3) is 0 Å². The summed E-state index contributed by atoms with van der Waals surface area (Å²) in [6.45, 7) is 8.10. The molecule has 1 unspecified atom stereocenters. The number of halogens is 1. The molecule has 0 radical (unpaired) electrons. The van der Waals surface area contributed by atoms with Crippen LogP contribution >= 0.6 is 0 Å². The van der Waals surface area contributed by atoms with Crippen LogP contribution in [0.2, 0.25) is 0 Å². The summed E-state index contributed by atoms with van der Waals surface area (Å²) in [6.07, 6.45) is 0. The molecule has 1 aliphatic heterocycles. The summed E-state index contributed by atoms with van der Waals surface area (Å²) >= 11 is 0. The van der Waals surface area contributed by atoms with Crippen LogP contribution in [-0.2, 0) is 25.7 Å². The summed E-state index contributed by atoms with van der Waals surface area (Å²) in [5.41, 5.74) is 1.51. The third-order valence-electron chi connectivity index (χ3n) is 6.81. The normalized spacial score (nSPS) is 14.7. The largest absolute Gasteiger partial charge is 0.457 e. The minimum atomic E-state index is -0.885. The quantitative estimate of drug-likeness (QED) is 0.264. The first kappa shape index (κ1) is 31.1. The summed E-state index contributed by atoms with van der Waals surface area (Å²) in [7, 11) is 0. The van der Waals surface area contributed by atoms with Crippen molar-refractivity contribution in [1.82, 2.24) is 15.1 Å². The molecule has 0 saturated carbocycles. The number of carbonyl (C=O) groups is 2. The second-order valence-corrected chi connectivity index (χ2v) is 10.0. The number of hydrogen-bond acceptors (Lipinski definition) is 7. The van der Waals surface area contributed by atoms with E-state index in [1.54, 1.807) is 24.3 Å². The lowest BCUT2D eigenvalue weighted by Gasteiger charge is -2.34. The number of nitrogens with zero attached hydrogens (tertiary/aromatic N) is 2. The van der Waals surface area contributed by atoms with Gasteiger partial charge in [0, 0.05) is 45.0 Å². The number of hydrogen-bond donors (Lipinski definition) is 2. The molecule has 224 valence electrons. The van der Waals surface area contributed by atoms with E-state index in [1.165, 1.54) is 24.3 Å². The van der Waals surface area contributed by atoms with Crippen LogP contribution < -0.4 is 15.4 Å². The van der Waals surface area contributed by atoms with E-state index < -0.39 is 6.04 Å². The molecular formula is C32H39FN4O5. The van der Waals surface area contributed by atoms with Crippen molar-refractivity contribution in [2.45, 2.75) is 19.6 Å². The number of benzene rings is 3. The molecule has 0 spiro atoms. The van der Waals surface area contributed by atoms with E-state index in [0.29, 0.717) is 37.0 Å². The minimum Gasteiger partial charge on any atom is -0.457 e. The Morgan fingerprint density at radius 1 is 0.857 bits per heavy atom. The Morgan fingerprint density at radius 2 is 1.50 bits per heavy atom. The zero-order valence-corrected chi connectivity index (χ0v) is 24.0. The Bertz CT molecular complexity index is 1240. The first-order valence-corrected chi connectivity index (χ1v) is 14.3. The van der Waals surface area contributed by atoms with Gasteiger partial charge >= 0.3 is 0 Å². The van der Waals surface area contributed by atoms with E-state index in [2.05, 4.69) is 20.4 Å². The predicted molar refractivity (Wildman–Crippen MR) is 159 cm³/mol. The highest BCUT2D eigenvalue weighted by Gasteiger charge is 2.24. The summed E-state index contributed by atoms with van der Waals surface area (Å²) < 4.78 is 30.1. The Balaban J connectivity index is 1.30. The van der Waals surface area contributed by atoms with Crippen molar-refractivity contribution in [3.63, 3.8) is 0 Å². The number of piperazine rings is 1. The predicted octanol–water partition coefficient (Wildman–Crippen LogP) is 3.91. The SMILES string of the molecule is CCOCCN1CCN(CC(=O)NC(COCc2ccccc2)C(=O)Nc2ccc(Oc3ccc(F)cc3)cc2)CC1. The Labute approximate surface area is 246 Å². The number of amides is 2. The van der Waals surface area contributed by atoms with Crippen LogP contribution in [0, 0.1) is 5.82 Å². The molecule has 1 heterocycles. The molecule has 1 fully saturated rings. The zero-order valence-electron chi connectivity index (χ0n) is 24.0. The van der Waals surface area contributed by atoms with Gasteiger partial charge in [-0.15, -0.1) is 0 Å². The van der Waals surface area contributed by atoms with Gasteiger partial charge in [-0.1, -0.05) is 30.3 Å². The standard InChI is InChI=1S/C32H39FN4O5/c1-2-40-21-20-36-16-18-37(19-17-36)22-31(38)35-30(24-41-23-25-6-4-3-5-7-25)32(39)34-27-10-14-29(15-11-27)42-28-12-8-26(33)9-13-28/h3-15,30H,2,16-24H2,1H3,(H,34,39)(H,35,38). The van der Waals surface area contributed by atoms with E-state index in [4.69, 9.17) is 14.2 Å². The van der Waals surface area contributed by atoms with Crippen LogP contribution in [0.1, 0.15) is 12.5 Å². The molecule has 0 aliphatic carbocycles. The summed E-state index contributed by atoms with van der Waals surface area (Å²) in [4.78, 5) is 30.7. The van der Waals surface area contributed by atoms with Crippen LogP contribution in [0.4, 0.5) is 10.1 Å². The molecule has 1 aliphatic rings. The molecule has 1 saturated heterocycles. The lowest BCUT2D eigenvalue weighted by Crippen LogP contribution is -2.53. The van der Waals surface area contributed by atoms with Gasteiger partial charge in [-0.2, -0.15) is 0 Å². The van der Waals surface area contributed by atoms with Crippen LogP contribution in [0.3, 0.4) is 0 Å². The highest BCUT2D eigenvalue weighted by Crippen LogP contribution is 2.23. The highest BCUT2D eigenvalue weighted by atomic mass is 19.1. The van der Waals surface area contributed by atoms with Crippen molar-refractivity contribution < 1.29 is 28.2 Å². The zero-order chi connectivity index (χ0) is 29.6. The van der Waals surface area contributed by atoms with Crippen molar-refractivity contribution in [2.24, 2.45) is 0 Å². The van der Waals surface area contributed by atoms with Crippen LogP contribution in [0.5, 0.6) is 11.5 Å². The van der Waals surface area contributed by atoms with E-state index >= 15 is 0 Å². The smallest absolute Gasteiger partial charge is 0.249 e. The third kappa shape index (κ3) is 10.5. The van der Waals surface area contributed by atoms with E-state index in [9.17, 15) is 14.0 Å². The molecule has 42 heavy (non-hydrogen) atoms. The van der Waals surface area contributed by atoms with E-state index in [-0.39, 0.29) is 30.8 Å². The maximum absolute atomic E-state index is 13.3. The topological polar surface area (TPSA) is 92.4 Å².